The number of pyridine rings is 1. The first-order chi connectivity index (χ1) is 6.18. The zero-order valence-electron chi connectivity index (χ0n) is 7.68. The average molecular weight is 197 g/mol. The molecule has 0 aliphatic carbocycles. The average Bonchev–Trinajstić information content (AvgIpc) is 2.08. The van der Waals surface area contributed by atoms with Gasteiger partial charge in [-0.25, -0.2) is 0 Å². The van der Waals surface area contributed by atoms with Crippen LogP contribution >= 0.6 is 11.6 Å². The van der Waals surface area contributed by atoms with Crippen molar-refractivity contribution >= 4 is 11.6 Å². The molecule has 0 radical (unpaired) electrons. The first kappa shape index (κ1) is 10.2. The Labute approximate surface area is 83.6 Å². The van der Waals surface area contributed by atoms with Gasteiger partial charge in [0, 0.05) is 24.3 Å². The van der Waals surface area contributed by atoms with Gasteiger partial charge in [0.25, 0.3) is 0 Å². The molecular formula is C10H13ClN2. The zero-order valence-corrected chi connectivity index (χ0v) is 8.43. The zero-order chi connectivity index (χ0) is 9.68. The normalized spacial score (nSPS) is 10.0. The number of aromatic nitrogens is 1. The summed E-state index contributed by atoms with van der Waals surface area (Å²) in [5.41, 5.74) is 2.19. The molecule has 0 atom stereocenters. The summed E-state index contributed by atoms with van der Waals surface area (Å²) in [6.45, 7) is 6.95. The lowest BCUT2D eigenvalue weighted by atomic mass is 10.3. The molecular weight excluding hydrogens is 184 g/mol. The first-order valence-electron chi connectivity index (χ1n) is 4.14. The van der Waals surface area contributed by atoms with Gasteiger partial charge >= 0.3 is 0 Å². The molecule has 0 aliphatic heterocycles. The summed E-state index contributed by atoms with van der Waals surface area (Å²) in [5, 5.41) is 3.74. The fourth-order valence-electron chi connectivity index (χ4n) is 0.929. The van der Waals surface area contributed by atoms with E-state index in [4.69, 9.17) is 11.6 Å². The highest BCUT2D eigenvalue weighted by molar-refractivity contribution is 6.29. The summed E-state index contributed by atoms with van der Waals surface area (Å²) in [6.07, 6.45) is 1.85. The van der Waals surface area contributed by atoms with E-state index in [2.05, 4.69) is 16.9 Å². The molecule has 1 aromatic heterocycles. The van der Waals surface area contributed by atoms with Gasteiger partial charge in [-0.15, -0.1) is 0 Å². The van der Waals surface area contributed by atoms with E-state index in [1.165, 1.54) is 5.56 Å². The van der Waals surface area contributed by atoms with E-state index < -0.39 is 0 Å². The van der Waals surface area contributed by atoms with Gasteiger partial charge in [-0.05, 0) is 18.6 Å². The van der Waals surface area contributed by atoms with Crippen LogP contribution in [-0.2, 0) is 6.54 Å². The molecule has 0 saturated carbocycles. The van der Waals surface area contributed by atoms with Crippen molar-refractivity contribution in [1.82, 2.24) is 10.3 Å². The quantitative estimate of drug-likeness (QED) is 0.799. The molecule has 0 spiro atoms. The van der Waals surface area contributed by atoms with Crippen molar-refractivity contribution in [2.45, 2.75) is 13.5 Å². The molecule has 1 rings (SSSR count). The number of halogens is 1. The third kappa shape index (κ3) is 4.06. The van der Waals surface area contributed by atoms with E-state index in [0.29, 0.717) is 11.6 Å². The van der Waals surface area contributed by atoms with Gasteiger partial charge in [0.2, 0.25) is 0 Å². The number of aryl methyl sites for hydroxylation is 1. The predicted octanol–water partition coefficient (Wildman–Crippen LogP) is 2.23. The maximum atomic E-state index is 5.59. The van der Waals surface area contributed by atoms with Gasteiger partial charge in [0.05, 0.1) is 5.69 Å². The first-order valence-corrected chi connectivity index (χ1v) is 4.52. The van der Waals surface area contributed by atoms with E-state index in [9.17, 15) is 0 Å². The van der Waals surface area contributed by atoms with E-state index in [0.717, 1.165) is 12.2 Å². The molecule has 2 nitrogen and oxygen atoms in total. The molecule has 0 unspecified atom stereocenters. The maximum Gasteiger partial charge on any atom is 0.0541 e. The van der Waals surface area contributed by atoms with Gasteiger partial charge in [-0.3, -0.25) is 4.98 Å². The summed E-state index contributed by atoms with van der Waals surface area (Å²) in [5.74, 6) is 0. The number of nitrogens with zero attached hydrogens (tertiary/aromatic N) is 1. The van der Waals surface area contributed by atoms with Crippen LogP contribution in [-0.4, -0.2) is 11.5 Å². The molecule has 1 heterocycles. The third-order valence-corrected chi connectivity index (χ3v) is 1.73. The monoisotopic (exact) mass is 196 g/mol. The summed E-state index contributed by atoms with van der Waals surface area (Å²) in [4.78, 5) is 4.24. The second-order valence-electron chi connectivity index (χ2n) is 2.95. The molecule has 13 heavy (non-hydrogen) atoms. The van der Waals surface area contributed by atoms with Crippen LogP contribution < -0.4 is 5.32 Å². The van der Waals surface area contributed by atoms with Crippen molar-refractivity contribution in [3.8, 4) is 0 Å². The highest BCUT2D eigenvalue weighted by atomic mass is 35.5. The highest BCUT2D eigenvalue weighted by Crippen LogP contribution is 1.99. The molecule has 1 N–H and O–H groups in total. The van der Waals surface area contributed by atoms with Gasteiger partial charge in [0.1, 0.15) is 0 Å². The molecule has 1 aromatic rings. The maximum absolute atomic E-state index is 5.59. The smallest absolute Gasteiger partial charge is 0.0541 e. The summed E-state index contributed by atoms with van der Waals surface area (Å²) in [7, 11) is 0. The third-order valence-electron chi connectivity index (χ3n) is 1.60. The molecule has 0 aliphatic rings. The fraction of sp³-hybridized carbons (Fsp3) is 0.300. The van der Waals surface area contributed by atoms with Crippen LogP contribution in [0.15, 0.2) is 29.9 Å². The van der Waals surface area contributed by atoms with Gasteiger partial charge in [0.15, 0.2) is 0 Å². The highest BCUT2D eigenvalue weighted by Gasteiger charge is 1.93. The second kappa shape index (κ2) is 5.00. The molecule has 0 amide bonds. The Hall–Kier alpha value is -0.860. The van der Waals surface area contributed by atoms with E-state index in [1.54, 1.807) is 0 Å². The lowest BCUT2D eigenvalue weighted by Gasteiger charge is -2.02. The van der Waals surface area contributed by atoms with E-state index >= 15 is 0 Å². The Morgan fingerprint density at radius 1 is 1.62 bits per heavy atom. The number of rotatable bonds is 4. The largest absolute Gasteiger partial charge is 0.306 e. The van der Waals surface area contributed by atoms with Crippen LogP contribution in [0, 0.1) is 6.92 Å². The predicted molar refractivity (Wildman–Crippen MR) is 55.7 cm³/mol. The van der Waals surface area contributed by atoms with Gasteiger partial charge in [-0.2, -0.15) is 0 Å². The Kier molecular flexibility index (Phi) is 3.93. The number of nitrogens with one attached hydrogen (secondary N) is 1. The van der Waals surface area contributed by atoms with Crippen LogP contribution in [0.1, 0.15) is 11.3 Å². The standard InChI is InChI=1S/C10H13ClN2/c1-8-3-4-10(13-5-8)7-12-6-9(2)11/h3-5,12H,2,6-7H2,1H3. The van der Waals surface area contributed by atoms with Gasteiger partial charge < -0.3 is 5.32 Å². The Morgan fingerprint density at radius 3 is 2.92 bits per heavy atom. The Bertz CT molecular complexity index is 279. The minimum Gasteiger partial charge on any atom is -0.306 e. The topological polar surface area (TPSA) is 24.9 Å². The number of hydrogen-bond acceptors (Lipinski definition) is 2. The molecule has 0 bridgehead atoms. The van der Waals surface area contributed by atoms with Crippen LogP contribution in [0.25, 0.3) is 0 Å². The van der Waals surface area contributed by atoms with Crippen molar-refractivity contribution in [3.05, 3.63) is 41.2 Å². The Morgan fingerprint density at radius 2 is 2.38 bits per heavy atom. The van der Waals surface area contributed by atoms with Crippen molar-refractivity contribution in [3.63, 3.8) is 0 Å². The lowest BCUT2D eigenvalue weighted by Crippen LogP contribution is -2.15. The van der Waals surface area contributed by atoms with Crippen molar-refractivity contribution in [2.75, 3.05) is 6.54 Å². The van der Waals surface area contributed by atoms with Crippen LogP contribution in [0.2, 0.25) is 0 Å². The van der Waals surface area contributed by atoms with E-state index in [1.807, 2.05) is 25.3 Å². The van der Waals surface area contributed by atoms with Gasteiger partial charge in [-0.1, -0.05) is 24.2 Å². The molecule has 0 aromatic carbocycles. The van der Waals surface area contributed by atoms with Crippen LogP contribution in [0.5, 0.6) is 0 Å². The second-order valence-corrected chi connectivity index (χ2v) is 3.48. The Balaban J connectivity index is 2.37. The van der Waals surface area contributed by atoms with Crippen LogP contribution in [0.3, 0.4) is 0 Å². The summed E-state index contributed by atoms with van der Waals surface area (Å²) < 4.78 is 0. The number of hydrogen-bond donors (Lipinski definition) is 1. The van der Waals surface area contributed by atoms with E-state index in [-0.39, 0.29) is 0 Å². The molecule has 3 heteroatoms. The minimum absolute atomic E-state index is 0.618. The molecule has 0 fully saturated rings. The summed E-state index contributed by atoms with van der Waals surface area (Å²) >= 11 is 5.59. The van der Waals surface area contributed by atoms with Crippen molar-refractivity contribution in [1.29, 1.82) is 0 Å². The minimum atomic E-state index is 0.618. The summed E-state index contributed by atoms with van der Waals surface area (Å²) in [6, 6.07) is 4.04. The van der Waals surface area contributed by atoms with Crippen LogP contribution in [0.4, 0.5) is 0 Å². The van der Waals surface area contributed by atoms with Crippen molar-refractivity contribution < 1.29 is 0 Å². The SMILES string of the molecule is C=C(Cl)CNCc1ccc(C)cn1. The lowest BCUT2D eigenvalue weighted by molar-refractivity contribution is 0.735. The van der Waals surface area contributed by atoms with Crippen molar-refractivity contribution in [2.24, 2.45) is 0 Å². The fourth-order valence-corrected chi connectivity index (χ4v) is 1.02. The molecule has 70 valence electrons. The molecule has 0 saturated heterocycles.